The van der Waals surface area contributed by atoms with Gasteiger partial charge < -0.3 is 16.0 Å². The molecule has 0 atom stereocenters. The molecule has 2 rings (SSSR count). The van der Waals surface area contributed by atoms with Crippen molar-refractivity contribution in [2.75, 3.05) is 31.2 Å². The van der Waals surface area contributed by atoms with E-state index in [0.29, 0.717) is 5.95 Å². The number of nitrogens with two attached hydrogens (primary N) is 1. The van der Waals surface area contributed by atoms with Crippen molar-refractivity contribution in [1.29, 1.82) is 0 Å². The van der Waals surface area contributed by atoms with Crippen molar-refractivity contribution in [3.05, 3.63) is 11.3 Å². The van der Waals surface area contributed by atoms with Crippen molar-refractivity contribution < 1.29 is 0 Å². The summed E-state index contributed by atoms with van der Waals surface area (Å²) in [5, 5.41) is 3.38. The summed E-state index contributed by atoms with van der Waals surface area (Å²) >= 11 is 0. The number of hydrogen-bond donors (Lipinski definition) is 2. The first-order valence-electron chi connectivity index (χ1n) is 6.28. The topological polar surface area (TPSA) is 67.1 Å². The molecular weight excluding hydrogens is 214 g/mol. The summed E-state index contributed by atoms with van der Waals surface area (Å²) in [6.07, 6.45) is 3.28. The number of nitrogens with one attached hydrogen (secondary N) is 1. The smallest absolute Gasteiger partial charge is 0.222 e. The molecule has 0 saturated heterocycles. The van der Waals surface area contributed by atoms with Crippen LogP contribution in [0.4, 0.5) is 11.8 Å². The van der Waals surface area contributed by atoms with Crippen LogP contribution < -0.4 is 11.1 Å². The first-order valence-corrected chi connectivity index (χ1v) is 6.28. The molecule has 1 aliphatic heterocycles. The second-order valence-corrected chi connectivity index (χ2v) is 4.62. The maximum absolute atomic E-state index is 5.75. The average Bonchev–Trinajstić information content (AvgIpc) is 2.30. The number of unbranched alkanes of at least 4 members (excludes halogenated alkanes) is 1. The van der Waals surface area contributed by atoms with Gasteiger partial charge in [0.2, 0.25) is 5.95 Å². The molecule has 17 heavy (non-hydrogen) atoms. The van der Waals surface area contributed by atoms with Gasteiger partial charge in [-0.05, 0) is 13.5 Å². The van der Waals surface area contributed by atoms with Crippen LogP contribution in [0.1, 0.15) is 31.0 Å². The summed E-state index contributed by atoms with van der Waals surface area (Å²) in [7, 11) is 2.12. The molecule has 0 aliphatic carbocycles. The van der Waals surface area contributed by atoms with Crippen LogP contribution in [0, 0.1) is 0 Å². The second kappa shape index (κ2) is 5.31. The molecule has 3 N–H and O–H groups in total. The number of aromatic nitrogens is 2. The van der Waals surface area contributed by atoms with Crippen LogP contribution in [0.5, 0.6) is 0 Å². The number of nitrogen functional groups attached to an aromatic ring is 1. The van der Waals surface area contributed by atoms with Crippen LogP contribution in [0.2, 0.25) is 0 Å². The fourth-order valence-corrected chi connectivity index (χ4v) is 2.10. The van der Waals surface area contributed by atoms with Gasteiger partial charge in [0.25, 0.3) is 0 Å². The molecule has 0 fully saturated rings. The van der Waals surface area contributed by atoms with Crippen molar-refractivity contribution in [2.45, 2.75) is 32.7 Å². The van der Waals surface area contributed by atoms with E-state index in [0.717, 1.165) is 44.0 Å². The minimum Gasteiger partial charge on any atom is -0.370 e. The normalized spacial score (nSPS) is 15.6. The predicted octanol–water partition coefficient (Wildman–Crippen LogP) is 1.26. The molecule has 0 radical (unpaired) electrons. The molecule has 1 aromatic rings. The Morgan fingerprint density at radius 1 is 1.41 bits per heavy atom. The SMILES string of the molecule is CCCCNc1nc(N)nc2c1CN(C)CC2. The molecule has 0 aromatic carbocycles. The fraction of sp³-hybridized carbons (Fsp3) is 0.667. The Morgan fingerprint density at radius 3 is 3.00 bits per heavy atom. The Balaban J connectivity index is 2.21. The van der Waals surface area contributed by atoms with E-state index in [1.54, 1.807) is 0 Å². The lowest BCUT2D eigenvalue weighted by molar-refractivity contribution is 0.310. The summed E-state index contributed by atoms with van der Waals surface area (Å²) in [5.74, 6) is 1.31. The van der Waals surface area contributed by atoms with Gasteiger partial charge in [-0.15, -0.1) is 0 Å². The molecule has 1 aromatic heterocycles. The Kier molecular flexibility index (Phi) is 3.78. The minimum absolute atomic E-state index is 0.382. The molecule has 5 heteroatoms. The van der Waals surface area contributed by atoms with E-state index in [1.165, 1.54) is 12.0 Å². The van der Waals surface area contributed by atoms with Gasteiger partial charge in [-0.1, -0.05) is 13.3 Å². The average molecular weight is 235 g/mol. The standard InChI is InChI=1S/C12H21N5/c1-3-4-6-14-11-9-8-17(2)7-5-10(9)15-12(13)16-11/h3-8H2,1-2H3,(H3,13,14,15,16). The third kappa shape index (κ3) is 2.85. The van der Waals surface area contributed by atoms with E-state index >= 15 is 0 Å². The highest BCUT2D eigenvalue weighted by molar-refractivity contribution is 5.50. The molecule has 1 aliphatic rings. The molecular formula is C12H21N5. The molecule has 0 bridgehead atoms. The lowest BCUT2D eigenvalue weighted by atomic mass is 10.1. The van der Waals surface area contributed by atoms with Crippen molar-refractivity contribution in [2.24, 2.45) is 0 Å². The number of fused-ring (bicyclic) bond motifs is 1. The highest BCUT2D eigenvalue weighted by Gasteiger charge is 2.19. The third-order valence-corrected chi connectivity index (χ3v) is 3.09. The zero-order chi connectivity index (χ0) is 12.3. The largest absolute Gasteiger partial charge is 0.370 e. The molecule has 0 saturated carbocycles. The Hall–Kier alpha value is -1.36. The van der Waals surface area contributed by atoms with Crippen LogP contribution >= 0.6 is 0 Å². The monoisotopic (exact) mass is 235 g/mol. The quantitative estimate of drug-likeness (QED) is 0.769. The van der Waals surface area contributed by atoms with Gasteiger partial charge in [0.15, 0.2) is 0 Å². The molecule has 94 valence electrons. The lowest BCUT2D eigenvalue weighted by Gasteiger charge is -2.26. The Morgan fingerprint density at radius 2 is 2.24 bits per heavy atom. The number of anilines is 2. The zero-order valence-electron chi connectivity index (χ0n) is 10.7. The van der Waals surface area contributed by atoms with Gasteiger partial charge in [0.05, 0.1) is 5.69 Å². The first kappa shape index (κ1) is 12.1. The Bertz CT molecular complexity index is 391. The zero-order valence-corrected chi connectivity index (χ0v) is 10.7. The number of hydrogen-bond acceptors (Lipinski definition) is 5. The third-order valence-electron chi connectivity index (χ3n) is 3.09. The lowest BCUT2D eigenvalue weighted by Crippen LogP contribution is -2.29. The van der Waals surface area contributed by atoms with Gasteiger partial charge in [0.1, 0.15) is 5.82 Å². The summed E-state index contributed by atoms with van der Waals surface area (Å²) < 4.78 is 0. The van der Waals surface area contributed by atoms with Crippen molar-refractivity contribution in [3.8, 4) is 0 Å². The van der Waals surface area contributed by atoms with E-state index in [2.05, 4.69) is 34.2 Å². The van der Waals surface area contributed by atoms with Crippen molar-refractivity contribution in [3.63, 3.8) is 0 Å². The van der Waals surface area contributed by atoms with Crippen LogP contribution in [0.3, 0.4) is 0 Å². The highest BCUT2D eigenvalue weighted by atomic mass is 15.1. The van der Waals surface area contributed by atoms with Gasteiger partial charge in [0, 0.05) is 31.6 Å². The molecule has 0 amide bonds. The van der Waals surface area contributed by atoms with Crippen molar-refractivity contribution in [1.82, 2.24) is 14.9 Å². The number of rotatable bonds is 4. The van der Waals surface area contributed by atoms with Crippen LogP contribution in [-0.2, 0) is 13.0 Å². The minimum atomic E-state index is 0.382. The first-order chi connectivity index (χ1) is 8.20. The summed E-state index contributed by atoms with van der Waals surface area (Å²) in [5.41, 5.74) is 8.06. The van der Waals surface area contributed by atoms with Gasteiger partial charge in [-0.2, -0.15) is 4.98 Å². The van der Waals surface area contributed by atoms with Gasteiger partial charge in [-0.25, -0.2) is 4.98 Å². The van der Waals surface area contributed by atoms with E-state index in [-0.39, 0.29) is 0 Å². The number of likely N-dealkylation sites (N-methyl/N-ethyl adjacent to an activating group) is 1. The highest BCUT2D eigenvalue weighted by Crippen LogP contribution is 2.23. The fourth-order valence-electron chi connectivity index (χ4n) is 2.10. The summed E-state index contributed by atoms with van der Waals surface area (Å²) in [4.78, 5) is 10.9. The predicted molar refractivity (Wildman–Crippen MR) is 69.9 cm³/mol. The van der Waals surface area contributed by atoms with E-state index in [1.807, 2.05) is 0 Å². The van der Waals surface area contributed by atoms with E-state index < -0.39 is 0 Å². The maximum Gasteiger partial charge on any atom is 0.222 e. The molecule has 0 unspecified atom stereocenters. The van der Waals surface area contributed by atoms with E-state index in [9.17, 15) is 0 Å². The maximum atomic E-state index is 5.75. The summed E-state index contributed by atoms with van der Waals surface area (Å²) in [6.45, 7) is 5.07. The molecule has 5 nitrogen and oxygen atoms in total. The van der Waals surface area contributed by atoms with Crippen molar-refractivity contribution >= 4 is 11.8 Å². The molecule has 0 spiro atoms. The number of nitrogens with zero attached hydrogens (tertiary/aromatic N) is 3. The van der Waals surface area contributed by atoms with Crippen LogP contribution in [-0.4, -0.2) is 35.0 Å². The summed E-state index contributed by atoms with van der Waals surface area (Å²) in [6, 6.07) is 0. The second-order valence-electron chi connectivity index (χ2n) is 4.62. The van der Waals surface area contributed by atoms with Gasteiger partial charge >= 0.3 is 0 Å². The van der Waals surface area contributed by atoms with Crippen LogP contribution in [0.15, 0.2) is 0 Å². The van der Waals surface area contributed by atoms with E-state index in [4.69, 9.17) is 5.73 Å². The molecule has 2 heterocycles. The van der Waals surface area contributed by atoms with Crippen LogP contribution in [0.25, 0.3) is 0 Å². The van der Waals surface area contributed by atoms with Gasteiger partial charge in [-0.3, -0.25) is 0 Å². The Labute approximate surface area is 102 Å².